The van der Waals surface area contributed by atoms with E-state index in [9.17, 15) is 0 Å². The van der Waals surface area contributed by atoms with Gasteiger partial charge in [-0.15, -0.1) is 0 Å². The van der Waals surface area contributed by atoms with Crippen LogP contribution in [0.5, 0.6) is 0 Å². The van der Waals surface area contributed by atoms with Gasteiger partial charge in [0.05, 0.1) is 0 Å². The largest absolute Gasteiger partial charge is 0.500 e. The molecule has 0 aromatic rings. The SMILES string of the molecule is CCCCCCCC(CCC[Si](OCC)(OCC)OCC)SSC(CCCCCCC)CCC[Si](OCC)(OCC)OCC. The lowest BCUT2D eigenvalue weighted by Gasteiger charge is -2.29. The maximum atomic E-state index is 6.17. The first kappa shape index (κ1) is 44.9. The number of hydrogen-bond donors (Lipinski definition) is 0. The monoisotopic (exact) mass is 698 g/mol. The number of rotatable bonds is 35. The van der Waals surface area contributed by atoms with Crippen LogP contribution in [-0.4, -0.2) is 67.8 Å². The summed E-state index contributed by atoms with van der Waals surface area (Å²) in [5.74, 6) is 0. The van der Waals surface area contributed by atoms with Crippen molar-refractivity contribution in [2.45, 2.75) is 181 Å². The molecular weight excluding hydrogens is 625 g/mol. The van der Waals surface area contributed by atoms with Crippen molar-refractivity contribution in [3.05, 3.63) is 0 Å². The maximum absolute atomic E-state index is 6.17. The van der Waals surface area contributed by atoms with Gasteiger partial charge in [-0.2, -0.15) is 0 Å². The molecule has 0 spiro atoms. The van der Waals surface area contributed by atoms with Crippen molar-refractivity contribution < 1.29 is 26.6 Å². The molecule has 0 N–H and O–H groups in total. The molecule has 0 saturated carbocycles. The summed E-state index contributed by atoms with van der Waals surface area (Å²) in [6.45, 7) is 20.8. The third-order valence-corrected chi connectivity index (χ3v) is 17.7. The molecule has 0 saturated heterocycles. The summed E-state index contributed by atoms with van der Waals surface area (Å²) in [5.41, 5.74) is 0. The van der Waals surface area contributed by atoms with Crippen molar-refractivity contribution in [2.24, 2.45) is 0 Å². The minimum Gasteiger partial charge on any atom is -0.374 e. The van der Waals surface area contributed by atoms with E-state index >= 15 is 0 Å². The zero-order valence-electron chi connectivity index (χ0n) is 30.4. The molecule has 2 unspecified atom stereocenters. The van der Waals surface area contributed by atoms with E-state index in [4.69, 9.17) is 26.6 Å². The molecule has 0 aliphatic rings. The Labute approximate surface area is 285 Å². The van der Waals surface area contributed by atoms with Crippen LogP contribution in [0.4, 0.5) is 0 Å². The van der Waals surface area contributed by atoms with Crippen LogP contribution in [0.2, 0.25) is 12.1 Å². The molecule has 0 aromatic heterocycles. The summed E-state index contributed by atoms with van der Waals surface area (Å²) in [4.78, 5) is 0. The molecule has 10 heteroatoms. The van der Waals surface area contributed by atoms with Gasteiger partial charge in [0.25, 0.3) is 0 Å². The Bertz CT molecular complexity index is 524. The van der Waals surface area contributed by atoms with Crippen molar-refractivity contribution in [3.63, 3.8) is 0 Å². The first-order valence-electron chi connectivity index (χ1n) is 18.6. The van der Waals surface area contributed by atoms with Crippen molar-refractivity contribution in [3.8, 4) is 0 Å². The third kappa shape index (κ3) is 22.5. The minimum absolute atomic E-state index is 0.650. The number of unbranched alkanes of at least 4 members (excludes halogenated alkanes) is 8. The van der Waals surface area contributed by atoms with Crippen molar-refractivity contribution in [1.29, 1.82) is 0 Å². The molecule has 0 aliphatic heterocycles. The highest BCUT2D eigenvalue weighted by Crippen LogP contribution is 2.40. The molecule has 2 atom stereocenters. The van der Waals surface area contributed by atoms with Gasteiger partial charge >= 0.3 is 17.6 Å². The second kappa shape index (κ2) is 31.2. The minimum atomic E-state index is -2.59. The molecular formula is C34H74O6S2Si2. The topological polar surface area (TPSA) is 55.4 Å². The predicted octanol–water partition coefficient (Wildman–Crippen LogP) is 11.5. The molecule has 0 bridgehead atoms. The Kier molecular flexibility index (Phi) is 31.8. The van der Waals surface area contributed by atoms with Gasteiger partial charge in [-0.25, -0.2) is 0 Å². The molecule has 0 radical (unpaired) electrons. The Morgan fingerprint density at radius 1 is 0.364 bits per heavy atom. The zero-order chi connectivity index (χ0) is 32.8. The van der Waals surface area contributed by atoms with Gasteiger partial charge in [-0.1, -0.05) is 99.6 Å². The normalized spacial score (nSPS) is 13.9. The van der Waals surface area contributed by atoms with Crippen molar-refractivity contribution in [2.75, 3.05) is 39.6 Å². The highest BCUT2D eigenvalue weighted by Gasteiger charge is 2.41. The molecule has 0 aromatic carbocycles. The third-order valence-electron chi connectivity index (χ3n) is 7.79. The quantitative estimate of drug-likeness (QED) is 0.0368. The second-order valence-electron chi connectivity index (χ2n) is 11.6. The summed E-state index contributed by atoms with van der Waals surface area (Å²) in [5, 5.41) is 1.31. The number of hydrogen-bond acceptors (Lipinski definition) is 8. The fourth-order valence-corrected chi connectivity index (χ4v) is 14.4. The zero-order valence-corrected chi connectivity index (χ0v) is 34.0. The van der Waals surface area contributed by atoms with Crippen LogP contribution in [0.15, 0.2) is 0 Å². The Morgan fingerprint density at radius 3 is 0.909 bits per heavy atom. The van der Waals surface area contributed by atoms with Crippen LogP contribution in [0.25, 0.3) is 0 Å². The van der Waals surface area contributed by atoms with Crippen LogP contribution in [0.3, 0.4) is 0 Å². The second-order valence-corrected chi connectivity index (χ2v) is 19.9. The summed E-state index contributed by atoms with van der Waals surface area (Å²) >= 11 is 0. The predicted molar refractivity (Wildman–Crippen MR) is 199 cm³/mol. The van der Waals surface area contributed by atoms with E-state index in [-0.39, 0.29) is 0 Å². The van der Waals surface area contributed by atoms with Gasteiger partial charge in [0.15, 0.2) is 0 Å². The van der Waals surface area contributed by atoms with Crippen molar-refractivity contribution >= 4 is 39.2 Å². The van der Waals surface area contributed by atoms with E-state index in [2.05, 4.69) is 77.0 Å². The summed E-state index contributed by atoms with van der Waals surface area (Å²) in [6, 6.07) is 1.83. The Hall–Kier alpha value is 0.894. The van der Waals surface area contributed by atoms with E-state index in [0.717, 1.165) is 24.9 Å². The standard InChI is InChI=1S/C34H74O6S2Si2/c1-9-17-19-21-23-27-33(29-25-31-43(35-11-3,36-12-4)37-13-5)41-42-34(28-24-22-20-18-10-2)30-26-32-44(38-14-6,39-15-7)40-16-8/h33-34H,9-32H2,1-8H3. The highest BCUT2D eigenvalue weighted by molar-refractivity contribution is 8.77. The summed E-state index contributed by atoms with van der Waals surface area (Å²) < 4.78 is 37.0. The summed E-state index contributed by atoms with van der Waals surface area (Å²) in [6.07, 6.45) is 20.6. The van der Waals surface area contributed by atoms with E-state index in [0.29, 0.717) is 50.1 Å². The van der Waals surface area contributed by atoms with Gasteiger partial charge in [0.1, 0.15) is 0 Å². The smallest absolute Gasteiger partial charge is 0.374 e. The fourth-order valence-electron chi connectivity index (χ4n) is 5.68. The first-order valence-corrected chi connectivity index (χ1v) is 24.7. The fraction of sp³-hybridized carbons (Fsp3) is 1.00. The maximum Gasteiger partial charge on any atom is 0.500 e. The van der Waals surface area contributed by atoms with Crippen LogP contribution in [-0.2, 0) is 26.6 Å². The molecule has 266 valence electrons. The van der Waals surface area contributed by atoms with E-state index < -0.39 is 17.6 Å². The van der Waals surface area contributed by atoms with Gasteiger partial charge < -0.3 is 26.6 Å². The lowest BCUT2D eigenvalue weighted by Crippen LogP contribution is -2.46. The molecule has 0 rings (SSSR count). The lowest BCUT2D eigenvalue weighted by molar-refractivity contribution is 0.0698. The average molecular weight is 699 g/mol. The van der Waals surface area contributed by atoms with Gasteiger partial charge in [0.2, 0.25) is 0 Å². The van der Waals surface area contributed by atoms with Crippen LogP contribution >= 0.6 is 21.6 Å². The highest BCUT2D eigenvalue weighted by atomic mass is 33.1. The van der Waals surface area contributed by atoms with Crippen LogP contribution in [0.1, 0.15) is 158 Å². The van der Waals surface area contributed by atoms with E-state index in [1.54, 1.807) is 0 Å². The van der Waals surface area contributed by atoms with Crippen molar-refractivity contribution in [1.82, 2.24) is 0 Å². The molecule has 6 nitrogen and oxygen atoms in total. The van der Waals surface area contributed by atoms with E-state index in [1.165, 1.54) is 89.9 Å². The van der Waals surface area contributed by atoms with Gasteiger partial charge in [-0.3, -0.25) is 0 Å². The Morgan fingerprint density at radius 2 is 0.636 bits per heavy atom. The van der Waals surface area contributed by atoms with Crippen LogP contribution < -0.4 is 0 Å². The van der Waals surface area contributed by atoms with Gasteiger partial charge in [0, 0.05) is 62.2 Å². The van der Waals surface area contributed by atoms with Crippen LogP contribution in [0, 0.1) is 0 Å². The average Bonchev–Trinajstić information content (AvgIpc) is 2.99. The Balaban J connectivity index is 5.41. The molecule has 0 heterocycles. The van der Waals surface area contributed by atoms with Gasteiger partial charge in [-0.05, 0) is 80.1 Å². The summed E-state index contributed by atoms with van der Waals surface area (Å²) in [7, 11) is -0.841. The molecule has 0 amide bonds. The molecule has 44 heavy (non-hydrogen) atoms. The molecule has 0 aliphatic carbocycles. The molecule has 0 fully saturated rings. The van der Waals surface area contributed by atoms with E-state index in [1.807, 2.05) is 0 Å². The lowest BCUT2D eigenvalue weighted by atomic mass is 10.1. The first-order chi connectivity index (χ1) is 21.4.